The summed E-state index contributed by atoms with van der Waals surface area (Å²) in [6.45, 7) is 9.04. The molecule has 1 aliphatic carbocycles. The third-order valence-corrected chi connectivity index (χ3v) is 6.55. The van der Waals surface area contributed by atoms with Crippen molar-refractivity contribution < 1.29 is 9.53 Å². The maximum atomic E-state index is 13.0. The molecule has 0 radical (unpaired) electrons. The summed E-state index contributed by atoms with van der Waals surface area (Å²) in [6.07, 6.45) is 3.19. The highest BCUT2D eigenvalue weighted by Crippen LogP contribution is 2.58. The SMILES string of the molecule is CC1(C)C(Oc2cnc(C#N)c(Br)c2)C(C)(C)C1N1Cc2ncccc2C1=O. The molecule has 0 atom stereocenters. The molecule has 2 aromatic rings. The summed E-state index contributed by atoms with van der Waals surface area (Å²) in [5, 5.41) is 9.04. The van der Waals surface area contributed by atoms with Crippen LogP contribution in [0.3, 0.4) is 0 Å². The lowest BCUT2D eigenvalue weighted by Gasteiger charge is -2.65. The fraction of sp³-hybridized carbons (Fsp3) is 0.429. The molecule has 0 bridgehead atoms. The van der Waals surface area contributed by atoms with Crippen molar-refractivity contribution in [3.8, 4) is 11.8 Å². The van der Waals surface area contributed by atoms with Gasteiger partial charge in [-0.05, 0) is 34.1 Å². The van der Waals surface area contributed by atoms with Crippen molar-refractivity contribution >= 4 is 21.8 Å². The summed E-state index contributed by atoms with van der Waals surface area (Å²) in [7, 11) is 0. The average molecular weight is 441 g/mol. The van der Waals surface area contributed by atoms with Gasteiger partial charge < -0.3 is 9.64 Å². The van der Waals surface area contributed by atoms with E-state index in [0.717, 1.165) is 5.69 Å². The molecule has 6 nitrogen and oxygen atoms in total. The van der Waals surface area contributed by atoms with Crippen LogP contribution in [-0.2, 0) is 6.54 Å². The highest BCUT2D eigenvalue weighted by Gasteiger charge is 2.67. The molecule has 0 spiro atoms. The van der Waals surface area contributed by atoms with E-state index < -0.39 is 0 Å². The molecule has 2 aromatic heterocycles. The van der Waals surface area contributed by atoms with Gasteiger partial charge in [0.05, 0.1) is 28.5 Å². The minimum atomic E-state index is -0.262. The number of nitriles is 1. The van der Waals surface area contributed by atoms with Crippen molar-refractivity contribution in [1.29, 1.82) is 5.26 Å². The topological polar surface area (TPSA) is 79.1 Å². The van der Waals surface area contributed by atoms with E-state index in [1.807, 2.05) is 17.0 Å². The standard InChI is InChI=1S/C21H21BrN4O2/c1-20(2)18(26-11-16-13(17(26)27)6-5-7-24-16)21(3,4)19(20)28-12-8-14(22)15(9-23)25-10-12/h5-8,10,18-19H,11H2,1-4H3. The Labute approximate surface area is 172 Å². The summed E-state index contributed by atoms with van der Waals surface area (Å²) >= 11 is 3.36. The normalized spacial score (nSPS) is 24.3. The molecule has 1 fully saturated rings. The zero-order valence-electron chi connectivity index (χ0n) is 16.2. The number of halogens is 1. The van der Waals surface area contributed by atoms with E-state index in [1.54, 1.807) is 24.5 Å². The fourth-order valence-electron chi connectivity index (χ4n) is 5.27. The van der Waals surface area contributed by atoms with Gasteiger partial charge in [0, 0.05) is 23.1 Å². The Kier molecular flexibility index (Phi) is 4.23. The number of fused-ring (bicyclic) bond motifs is 1. The van der Waals surface area contributed by atoms with Crippen LogP contribution in [0.1, 0.15) is 49.4 Å². The zero-order valence-corrected chi connectivity index (χ0v) is 17.8. The lowest BCUT2D eigenvalue weighted by molar-refractivity contribution is -0.199. The van der Waals surface area contributed by atoms with Crippen molar-refractivity contribution in [1.82, 2.24) is 14.9 Å². The molecule has 7 heteroatoms. The monoisotopic (exact) mass is 440 g/mol. The number of rotatable bonds is 3. The van der Waals surface area contributed by atoms with Gasteiger partial charge in [0.15, 0.2) is 5.69 Å². The highest BCUT2D eigenvalue weighted by atomic mass is 79.9. The third kappa shape index (κ3) is 2.62. The molecule has 1 amide bonds. The molecule has 2 aliphatic rings. The van der Waals surface area contributed by atoms with Crippen molar-refractivity contribution in [2.75, 3.05) is 0 Å². The van der Waals surface area contributed by atoms with E-state index in [4.69, 9.17) is 10.00 Å². The Bertz CT molecular complexity index is 996. The van der Waals surface area contributed by atoms with Crippen molar-refractivity contribution in [2.45, 2.75) is 46.4 Å². The van der Waals surface area contributed by atoms with E-state index in [2.05, 4.69) is 53.6 Å². The number of amides is 1. The quantitative estimate of drug-likeness (QED) is 0.721. The van der Waals surface area contributed by atoms with Gasteiger partial charge in [-0.1, -0.05) is 27.7 Å². The smallest absolute Gasteiger partial charge is 0.256 e. The highest BCUT2D eigenvalue weighted by molar-refractivity contribution is 9.10. The Morgan fingerprint density at radius 3 is 2.61 bits per heavy atom. The number of ether oxygens (including phenoxy) is 1. The summed E-state index contributed by atoms with van der Waals surface area (Å²) in [5.41, 5.74) is 1.33. The van der Waals surface area contributed by atoms with Crippen molar-refractivity contribution in [3.63, 3.8) is 0 Å². The molecular formula is C21H21BrN4O2. The second kappa shape index (κ2) is 6.28. The molecule has 1 saturated carbocycles. The van der Waals surface area contributed by atoms with Crippen molar-refractivity contribution in [2.24, 2.45) is 10.8 Å². The number of carbonyl (C=O) groups is 1. The van der Waals surface area contributed by atoms with Crippen LogP contribution in [0, 0.1) is 22.2 Å². The maximum Gasteiger partial charge on any atom is 0.256 e. The van der Waals surface area contributed by atoms with Crippen LogP contribution in [0.25, 0.3) is 0 Å². The molecule has 0 saturated heterocycles. The number of pyridine rings is 2. The fourth-order valence-corrected chi connectivity index (χ4v) is 5.69. The Morgan fingerprint density at radius 2 is 2.00 bits per heavy atom. The van der Waals surface area contributed by atoms with Gasteiger partial charge in [-0.25, -0.2) is 4.98 Å². The van der Waals surface area contributed by atoms with Crippen LogP contribution in [0.2, 0.25) is 0 Å². The third-order valence-electron chi connectivity index (χ3n) is 5.95. The second-order valence-corrected chi connectivity index (χ2v) is 9.44. The summed E-state index contributed by atoms with van der Waals surface area (Å²) < 4.78 is 6.91. The largest absolute Gasteiger partial charge is 0.487 e. The first-order chi connectivity index (χ1) is 13.2. The average Bonchev–Trinajstić information content (AvgIpc) is 2.95. The maximum absolute atomic E-state index is 13.0. The van der Waals surface area contributed by atoms with Gasteiger partial charge in [0.2, 0.25) is 0 Å². The van der Waals surface area contributed by atoms with Crippen LogP contribution in [-0.4, -0.2) is 32.9 Å². The van der Waals surface area contributed by atoms with E-state index in [1.165, 1.54) is 0 Å². The molecule has 0 unspecified atom stereocenters. The second-order valence-electron chi connectivity index (χ2n) is 8.59. The van der Waals surface area contributed by atoms with Gasteiger partial charge >= 0.3 is 0 Å². The first-order valence-electron chi connectivity index (χ1n) is 9.15. The minimum absolute atomic E-state index is 0.0153. The van der Waals surface area contributed by atoms with E-state index >= 15 is 0 Å². The molecule has 0 N–H and O–H groups in total. The van der Waals surface area contributed by atoms with E-state index in [0.29, 0.717) is 28.0 Å². The number of carbonyl (C=O) groups excluding carboxylic acids is 1. The molecule has 1 aliphatic heterocycles. The zero-order chi connectivity index (χ0) is 20.3. The number of hydrogen-bond acceptors (Lipinski definition) is 5. The first kappa shape index (κ1) is 18.9. The van der Waals surface area contributed by atoms with Gasteiger partial charge in [-0.3, -0.25) is 9.78 Å². The Morgan fingerprint density at radius 1 is 1.29 bits per heavy atom. The molecule has 0 aromatic carbocycles. The van der Waals surface area contributed by atoms with Crippen LogP contribution >= 0.6 is 15.9 Å². The van der Waals surface area contributed by atoms with Gasteiger partial charge in [0.25, 0.3) is 5.91 Å². The van der Waals surface area contributed by atoms with E-state index in [9.17, 15) is 4.79 Å². The lowest BCUT2D eigenvalue weighted by atomic mass is 9.49. The van der Waals surface area contributed by atoms with Gasteiger partial charge in [-0.15, -0.1) is 0 Å². The molecule has 28 heavy (non-hydrogen) atoms. The van der Waals surface area contributed by atoms with Gasteiger partial charge in [-0.2, -0.15) is 5.26 Å². The molecule has 3 heterocycles. The molecular weight excluding hydrogens is 420 g/mol. The summed E-state index contributed by atoms with van der Waals surface area (Å²) in [6, 6.07) is 7.46. The predicted octanol–water partition coefficient (Wildman–Crippen LogP) is 3.95. The van der Waals surface area contributed by atoms with Gasteiger partial charge in [0.1, 0.15) is 17.9 Å². The van der Waals surface area contributed by atoms with Crippen LogP contribution in [0.15, 0.2) is 35.1 Å². The van der Waals surface area contributed by atoms with Crippen LogP contribution in [0.4, 0.5) is 0 Å². The Hall–Kier alpha value is -2.46. The van der Waals surface area contributed by atoms with Crippen molar-refractivity contribution in [3.05, 3.63) is 52.0 Å². The lowest BCUT2D eigenvalue weighted by Crippen LogP contribution is -2.74. The van der Waals surface area contributed by atoms with Crippen LogP contribution < -0.4 is 4.74 Å². The van der Waals surface area contributed by atoms with Crippen LogP contribution in [0.5, 0.6) is 5.75 Å². The number of nitrogens with zero attached hydrogens (tertiary/aromatic N) is 4. The van der Waals surface area contributed by atoms with E-state index in [-0.39, 0.29) is 28.9 Å². The molecule has 4 rings (SSSR count). The summed E-state index contributed by atoms with van der Waals surface area (Å²) in [5.74, 6) is 0.642. The minimum Gasteiger partial charge on any atom is -0.487 e. The number of aromatic nitrogens is 2. The first-order valence-corrected chi connectivity index (χ1v) is 9.94. The Balaban J connectivity index is 1.60. The summed E-state index contributed by atoms with van der Waals surface area (Å²) in [4.78, 5) is 23.4. The number of hydrogen-bond donors (Lipinski definition) is 0. The predicted molar refractivity (Wildman–Crippen MR) is 107 cm³/mol. The molecule has 144 valence electrons.